The van der Waals surface area contributed by atoms with Gasteiger partial charge in [0, 0.05) is 16.9 Å². The Morgan fingerprint density at radius 3 is 1.20 bits per heavy atom. The van der Waals surface area contributed by atoms with Crippen LogP contribution in [0.5, 0.6) is 0 Å². The number of hydrogen-bond acceptors (Lipinski definition) is 1. The maximum Gasteiger partial charge on any atom is 0.0540 e. The minimum Gasteiger partial charge on any atom is -0.310 e. The Balaban J connectivity index is 1.06. The van der Waals surface area contributed by atoms with Crippen molar-refractivity contribution >= 4 is 17.1 Å². The van der Waals surface area contributed by atoms with E-state index in [1.165, 1.54) is 94.2 Å². The number of nitrogens with zero attached hydrogens (tertiary/aromatic N) is 1. The summed E-state index contributed by atoms with van der Waals surface area (Å²) in [5, 5.41) is 0. The molecule has 0 aliphatic heterocycles. The van der Waals surface area contributed by atoms with Gasteiger partial charge in [-0.25, -0.2) is 0 Å². The first-order valence-electron chi connectivity index (χ1n) is 21.7. The third kappa shape index (κ3) is 6.79. The first-order chi connectivity index (χ1) is 29.2. The highest BCUT2D eigenvalue weighted by molar-refractivity contribution is 5.93. The molecule has 0 spiro atoms. The molecule has 0 amide bonds. The van der Waals surface area contributed by atoms with E-state index in [1.54, 1.807) is 5.56 Å². The lowest BCUT2D eigenvalue weighted by Crippen LogP contribution is -2.48. The number of anilines is 3. The highest BCUT2D eigenvalue weighted by Crippen LogP contribution is 2.61. The molecule has 1 heteroatoms. The fraction of sp³-hybridized carbons (Fsp3) is 0.172. The summed E-state index contributed by atoms with van der Waals surface area (Å²) in [5.41, 5.74) is 17.7. The normalized spacial score (nSPS) is 20.4. The first kappa shape index (κ1) is 35.7. The zero-order valence-corrected chi connectivity index (χ0v) is 33.6. The molecule has 8 aromatic rings. The lowest BCUT2D eigenvalue weighted by atomic mass is 9.48. The number of benzene rings is 8. The highest BCUT2D eigenvalue weighted by atomic mass is 15.1. The van der Waals surface area contributed by atoms with Crippen molar-refractivity contribution in [3.05, 3.63) is 212 Å². The molecule has 4 saturated carbocycles. The Labute approximate surface area is 349 Å². The van der Waals surface area contributed by atoms with Gasteiger partial charge < -0.3 is 4.90 Å². The van der Waals surface area contributed by atoms with Gasteiger partial charge in [-0.1, -0.05) is 164 Å². The maximum absolute atomic E-state index is 2.60. The topological polar surface area (TPSA) is 3.24 Å². The molecular weight excluding hydrogens is 711 g/mol. The van der Waals surface area contributed by atoms with Gasteiger partial charge in [0.15, 0.2) is 0 Å². The van der Waals surface area contributed by atoms with E-state index in [-0.39, 0.29) is 0 Å². The summed E-state index contributed by atoms with van der Waals surface area (Å²) >= 11 is 0. The van der Waals surface area contributed by atoms with E-state index < -0.39 is 0 Å². The van der Waals surface area contributed by atoms with Gasteiger partial charge in [-0.15, -0.1) is 0 Å². The minimum atomic E-state index is 0.336. The van der Waals surface area contributed by atoms with Crippen molar-refractivity contribution in [1.82, 2.24) is 0 Å². The number of rotatable bonds is 9. The Hall–Kier alpha value is -6.44. The Kier molecular flexibility index (Phi) is 9.11. The van der Waals surface area contributed by atoms with Crippen LogP contribution in [0.15, 0.2) is 206 Å². The molecule has 0 unspecified atom stereocenters. The molecule has 0 aromatic heterocycles. The van der Waals surface area contributed by atoms with Gasteiger partial charge in [-0.2, -0.15) is 0 Å². The third-order valence-electron chi connectivity index (χ3n) is 13.9. The minimum absolute atomic E-state index is 0.336. The van der Waals surface area contributed by atoms with Crippen LogP contribution >= 0.6 is 0 Å². The number of hydrogen-bond donors (Lipinski definition) is 0. The van der Waals surface area contributed by atoms with Crippen molar-refractivity contribution in [3.63, 3.8) is 0 Å². The molecule has 0 N–H and O–H groups in total. The predicted molar refractivity (Wildman–Crippen MR) is 248 cm³/mol. The van der Waals surface area contributed by atoms with Crippen LogP contribution in [0.4, 0.5) is 17.1 Å². The summed E-state index contributed by atoms with van der Waals surface area (Å²) in [6.45, 7) is 0. The monoisotopic (exact) mass is 759 g/mol. The molecule has 4 aliphatic rings. The van der Waals surface area contributed by atoms with E-state index in [4.69, 9.17) is 0 Å². The van der Waals surface area contributed by atoms with Gasteiger partial charge in [0.05, 0.1) is 5.69 Å². The molecule has 12 rings (SSSR count). The van der Waals surface area contributed by atoms with E-state index in [1.807, 2.05) is 0 Å². The van der Waals surface area contributed by atoms with Crippen LogP contribution in [-0.4, -0.2) is 0 Å². The quantitative estimate of drug-likeness (QED) is 0.142. The van der Waals surface area contributed by atoms with Crippen molar-refractivity contribution in [1.29, 1.82) is 0 Å². The van der Waals surface area contributed by atoms with E-state index in [9.17, 15) is 0 Å². The Morgan fingerprint density at radius 2 is 0.729 bits per heavy atom. The van der Waals surface area contributed by atoms with Gasteiger partial charge in [-0.05, 0) is 160 Å². The van der Waals surface area contributed by atoms with Gasteiger partial charge in [0.2, 0.25) is 0 Å². The second kappa shape index (κ2) is 15.1. The summed E-state index contributed by atoms with van der Waals surface area (Å²) in [6, 6.07) is 76.2. The first-order valence-corrected chi connectivity index (χ1v) is 21.7. The summed E-state index contributed by atoms with van der Waals surface area (Å²) in [6.07, 6.45) is 8.49. The zero-order chi connectivity index (χ0) is 39.2. The summed E-state index contributed by atoms with van der Waals surface area (Å²) < 4.78 is 0. The van der Waals surface area contributed by atoms with Gasteiger partial charge >= 0.3 is 0 Å². The lowest BCUT2D eigenvalue weighted by Gasteiger charge is -2.57. The molecule has 8 aromatic carbocycles. The molecule has 59 heavy (non-hydrogen) atoms. The van der Waals surface area contributed by atoms with E-state index in [0.717, 1.165) is 34.8 Å². The fourth-order valence-electron chi connectivity index (χ4n) is 11.5. The van der Waals surface area contributed by atoms with Gasteiger partial charge in [-0.3, -0.25) is 0 Å². The fourth-order valence-corrected chi connectivity index (χ4v) is 11.5. The second-order valence-electron chi connectivity index (χ2n) is 17.6. The van der Waals surface area contributed by atoms with Crippen LogP contribution in [0.25, 0.3) is 55.6 Å². The Morgan fingerprint density at radius 1 is 0.322 bits per heavy atom. The molecule has 0 atom stereocenters. The molecule has 286 valence electrons. The van der Waals surface area contributed by atoms with Crippen LogP contribution in [-0.2, 0) is 5.41 Å². The summed E-state index contributed by atoms with van der Waals surface area (Å²) in [4.78, 5) is 2.43. The molecule has 0 saturated heterocycles. The molecule has 1 nitrogen and oxygen atoms in total. The van der Waals surface area contributed by atoms with Crippen molar-refractivity contribution in [2.75, 3.05) is 4.90 Å². The zero-order valence-electron chi connectivity index (χ0n) is 33.6. The average Bonchev–Trinajstić information content (AvgIpc) is 3.30. The third-order valence-corrected chi connectivity index (χ3v) is 13.9. The van der Waals surface area contributed by atoms with Crippen LogP contribution in [0.3, 0.4) is 0 Å². The Bertz CT molecular complexity index is 2580. The molecule has 0 heterocycles. The second-order valence-corrected chi connectivity index (χ2v) is 17.6. The molecule has 4 fully saturated rings. The van der Waals surface area contributed by atoms with E-state index in [0.29, 0.717) is 5.41 Å². The van der Waals surface area contributed by atoms with Crippen molar-refractivity contribution in [2.24, 2.45) is 17.8 Å². The molecule has 4 aliphatic carbocycles. The lowest BCUT2D eigenvalue weighted by molar-refractivity contribution is -0.00516. The van der Waals surface area contributed by atoms with Gasteiger partial charge in [0.25, 0.3) is 0 Å². The SMILES string of the molecule is c1ccc(-c2ccc(N(c3ccc(-c4ccccc4)cc3)c3ccc(-c4ccc(C56CC7CC(CC(C7)C5)C6)cc4-c4ccccc4)cc3-c3ccccc3)cc2)cc1. The molecular formula is C58H49N. The van der Waals surface area contributed by atoms with Crippen LogP contribution in [0.1, 0.15) is 44.1 Å². The van der Waals surface area contributed by atoms with Crippen LogP contribution < -0.4 is 4.90 Å². The van der Waals surface area contributed by atoms with Crippen molar-refractivity contribution < 1.29 is 0 Å². The van der Waals surface area contributed by atoms with Crippen LogP contribution in [0, 0.1) is 17.8 Å². The van der Waals surface area contributed by atoms with Crippen molar-refractivity contribution in [3.8, 4) is 55.6 Å². The van der Waals surface area contributed by atoms with E-state index >= 15 is 0 Å². The molecule has 4 bridgehead atoms. The average molecular weight is 760 g/mol. The molecule has 0 radical (unpaired) electrons. The largest absolute Gasteiger partial charge is 0.310 e. The maximum atomic E-state index is 2.60. The predicted octanol–water partition coefficient (Wildman–Crippen LogP) is 16.0. The standard InChI is InChI=1S/C58H49N/c1-5-13-44(14-6-1)46-21-27-52(28-22-46)59(53-29-23-47(24-30-53)45-15-7-2-8-16-45)57-32-25-50(36-56(57)49-19-11-4-12-20-49)54-31-26-51(37-55(54)48-17-9-3-10-18-48)58-38-41-33-42(39-58)35-43(34-41)40-58/h1-32,36-37,41-43H,33-35,38-40H2. The van der Waals surface area contributed by atoms with E-state index in [2.05, 4.69) is 211 Å². The van der Waals surface area contributed by atoms with Crippen molar-refractivity contribution in [2.45, 2.75) is 43.9 Å². The smallest absolute Gasteiger partial charge is 0.0540 e. The summed E-state index contributed by atoms with van der Waals surface area (Å²) in [7, 11) is 0. The highest BCUT2D eigenvalue weighted by Gasteiger charge is 2.51. The van der Waals surface area contributed by atoms with Crippen LogP contribution in [0.2, 0.25) is 0 Å². The van der Waals surface area contributed by atoms with Gasteiger partial charge in [0.1, 0.15) is 0 Å². The summed E-state index contributed by atoms with van der Waals surface area (Å²) in [5.74, 6) is 2.73.